The van der Waals surface area contributed by atoms with Crippen LogP contribution in [0.25, 0.3) is 11.3 Å². The fraction of sp³-hybridized carbons (Fsp3) is 0.250. The molecular weight excluding hydrogens is 362 g/mol. The fourth-order valence-corrected chi connectivity index (χ4v) is 3.04. The molecule has 0 spiro atoms. The summed E-state index contributed by atoms with van der Waals surface area (Å²) in [5, 5.41) is 8.22. The highest BCUT2D eigenvalue weighted by molar-refractivity contribution is 5.94. The Morgan fingerprint density at radius 3 is 2.54 bits per heavy atom. The maximum atomic E-state index is 12.2. The largest absolute Gasteiger partial charge is 0.497 e. The lowest BCUT2D eigenvalue weighted by molar-refractivity contribution is 0.0595. The molecule has 4 rings (SSSR count). The summed E-state index contributed by atoms with van der Waals surface area (Å²) < 4.78 is 23.0. The van der Waals surface area contributed by atoms with E-state index < -0.39 is 5.97 Å². The lowest BCUT2D eigenvalue weighted by Gasteiger charge is -2.19. The highest BCUT2D eigenvalue weighted by Gasteiger charge is 2.24. The van der Waals surface area contributed by atoms with E-state index >= 15 is 0 Å². The van der Waals surface area contributed by atoms with Gasteiger partial charge in [0, 0.05) is 5.56 Å². The van der Waals surface area contributed by atoms with Gasteiger partial charge in [0.05, 0.1) is 20.8 Å². The predicted octanol–water partition coefficient (Wildman–Crippen LogP) is 2.56. The molecule has 0 fully saturated rings. The molecule has 0 N–H and O–H groups in total. The van der Waals surface area contributed by atoms with Gasteiger partial charge in [-0.15, -0.1) is 5.10 Å². The van der Waals surface area contributed by atoms with Gasteiger partial charge in [0.25, 0.3) is 0 Å². The Morgan fingerprint density at radius 1 is 1.07 bits per heavy atom. The minimum atomic E-state index is -0.550. The summed E-state index contributed by atoms with van der Waals surface area (Å²) in [5.41, 5.74) is 2.43. The highest BCUT2D eigenvalue weighted by atomic mass is 16.6. The molecule has 0 saturated heterocycles. The fourth-order valence-electron chi connectivity index (χ4n) is 3.04. The van der Waals surface area contributed by atoms with Gasteiger partial charge in [0.2, 0.25) is 0 Å². The third-order valence-electron chi connectivity index (χ3n) is 4.42. The molecule has 2 heterocycles. The third kappa shape index (κ3) is 3.36. The van der Waals surface area contributed by atoms with Gasteiger partial charge in [-0.25, -0.2) is 9.48 Å². The van der Waals surface area contributed by atoms with Crippen LogP contribution in [0.15, 0.2) is 42.5 Å². The molecule has 1 aromatic heterocycles. The molecule has 8 heteroatoms. The van der Waals surface area contributed by atoms with E-state index in [1.807, 2.05) is 42.5 Å². The number of ether oxygens (including phenoxy) is 4. The molecule has 0 saturated carbocycles. The van der Waals surface area contributed by atoms with Crippen molar-refractivity contribution in [2.24, 2.45) is 0 Å². The summed E-state index contributed by atoms with van der Waals surface area (Å²) in [6, 6.07) is 13.1. The summed E-state index contributed by atoms with van der Waals surface area (Å²) in [5.74, 6) is 1.51. The van der Waals surface area contributed by atoms with Crippen LogP contribution < -0.4 is 14.2 Å². The molecule has 144 valence electrons. The second kappa shape index (κ2) is 7.59. The molecule has 0 amide bonds. The molecule has 1 aliphatic rings. The predicted molar refractivity (Wildman–Crippen MR) is 99.9 cm³/mol. The van der Waals surface area contributed by atoms with E-state index in [0.29, 0.717) is 37.0 Å². The lowest BCUT2D eigenvalue weighted by Crippen LogP contribution is -2.15. The Morgan fingerprint density at radius 2 is 1.82 bits per heavy atom. The number of rotatable bonds is 5. The molecule has 0 radical (unpaired) electrons. The number of hydrogen-bond donors (Lipinski definition) is 0. The maximum Gasteiger partial charge on any atom is 0.360 e. The summed E-state index contributed by atoms with van der Waals surface area (Å²) in [4.78, 5) is 12.2. The van der Waals surface area contributed by atoms with Gasteiger partial charge in [0.15, 0.2) is 17.2 Å². The number of methoxy groups -OCH3 is 2. The quantitative estimate of drug-likeness (QED) is 0.628. The first-order valence-electron chi connectivity index (χ1n) is 8.74. The zero-order valence-electron chi connectivity index (χ0n) is 15.5. The van der Waals surface area contributed by atoms with Crippen molar-refractivity contribution in [3.05, 3.63) is 53.7 Å². The lowest BCUT2D eigenvalue weighted by atomic mass is 10.1. The van der Waals surface area contributed by atoms with E-state index in [1.165, 1.54) is 7.11 Å². The first-order valence-corrected chi connectivity index (χ1v) is 8.74. The standard InChI is InChI=1S/C20H19N3O5/c1-25-15-6-3-13(4-7-15)12-23-19(18(21-22-23)20(24)26-2)14-5-8-16-17(11-14)28-10-9-27-16/h3-8,11H,9-10,12H2,1-2H3. The normalized spacial score (nSPS) is 12.5. The molecule has 0 aliphatic carbocycles. The first kappa shape index (κ1) is 17.8. The minimum Gasteiger partial charge on any atom is -0.497 e. The Kier molecular flexibility index (Phi) is 4.84. The van der Waals surface area contributed by atoms with Crippen molar-refractivity contribution in [1.29, 1.82) is 0 Å². The molecular formula is C20H19N3O5. The molecule has 1 aliphatic heterocycles. The Balaban J connectivity index is 1.75. The van der Waals surface area contributed by atoms with Crippen molar-refractivity contribution >= 4 is 5.97 Å². The zero-order chi connectivity index (χ0) is 19.5. The Labute approximate surface area is 161 Å². The molecule has 0 bridgehead atoms. The summed E-state index contributed by atoms with van der Waals surface area (Å²) in [6.45, 7) is 1.41. The average molecular weight is 381 g/mol. The SMILES string of the molecule is COC(=O)c1nnn(Cc2ccc(OC)cc2)c1-c1ccc2c(c1)OCCO2. The van der Waals surface area contributed by atoms with Crippen LogP contribution in [0.3, 0.4) is 0 Å². The van der Waals surface area contributed by atoms with Crippen LogP contribution in [0.5, 0.6) is 17.2 Å². The molecule has 28 heavy (non-hydrogen) atoms. The maximum absolute atomic E-state index is 12.2. The van der Waals surface area contributed by atoms with E-state index in [-0.39, 0.29) is 5.69 Å². The Hall–Kier alpha value is -3.55. The van der Waals surface area contributed by atoms with Crippen molar-refractivity contribution in [1.82, 2.24) is 15.0 Å². The van der Waals surface area contributed by atoms with Crippen LogP contribution in [0.4, 0.5) is 0 Å². The van der Waals surface area contributed by atoms with Gasteiger partial charge in [-0.3, -0.25) is 0 Å². The molecule has 3 aromatic rings. The van der Waals surface area contributed by atoms with Crippen molar-refractivity contribution in [2.45, 2.75) is 6.54 Å². The van der Waals surface area contributed by atoms with E-state index in [4.69, 9.17) is 18.9 Å². The molecule has 8 nitrogen and oxygen atoms in total. The molecule has 0 unspecified atom stereocenters. The van der Waals surface area contributed by atoms with E-state index in [0.717, 1.165) is 16.9 Å². The number of carbonyl (C=O) groups excluding carboxylic acids is 1. The van der Waals surface area contributed by atoms with Crippen LogP contribution in [0, 0.1) is 0 Å². The average Bonchev–Trinajstić information content (AvgIpc) is 3.16. The van der Waals surface area contributed by atoms with Crippen molar-refractivity contribution in [3.63, 3.8) is 0 Å². The van der Waals surface area contributed by atoms with Crippen molar-refractivity contribution in [2.75, 3.05) is 27.4 Å². The molecule has 2 aromatic carbocycles. The van der Waals surface area contributed by atoms with Crippen LogP contribution in [-0.4, -0.2) is 48.4 Å². The number of aromatic nitrogens is 3. The van der Waals surface area contributed by atoms with Crippen LogP contribution in [0.1, 0.15) is 16.1 Å². The number of hydrogen-bond acceptors (Lipinski definition) is 7. The topological polar surface area (TPSA) is 84.7 Å². The summed E-state index contributed by atoms with van der Waals surface area (Å²) in [7, 11) is 2.94. The summed E-state index contributed by atoms with van der Waals surface area (Å²) >= 11 is 0. The zero-order valence-corrected chi connectivity index (χ0v) is 15.5. The third-order valence-corrected chi connectivity index (χ3v) is 4.42. The van der Waals surface area contributed by atoms with Gasteiger partial charge in [-0.2, -0.15) is 0 Å². The summed E-state index contributed by atoms with van der Waals surface area (Å²) in [6.07, 6.45) is 0. The van der Waals surface area contributed by atoms with Gasteiger partial charge >= 0.3 is 5.97 Å². The smallest absolute Gasteiger partial charge is 0.360 e. The second-order valence-electron chi connectivity index (χ2n) is 6.14. The van der Waals surface area contributed by atoms with Gasteiger partial charge < -0.3 is 18.9 Å². The number of fused-ring (bicyclic) bond motifs is 1. The number of carbonyl (C=O) groups is 1. The van der Waals surface area contributed by atoms with Crippen LogP contribution in [-0.2, 0) is 11.3 Å². The van der Waals surface area contributed by atoms with Crippen molar-refractivity contribution < 1.29 is 23.7 Å². The van der Waals surface area contributed by atoms with E-state index in [9.17, 15) is 4.79 Å². The number of nitrogens with zero attached hydrogens (tertiary/aromatic N) is 3. The van der Waals surface area contributed by atoms with Gasteiger partial charge in [-0.1, -0.05) is 17.3 Å². The molecule has 0 atom stereocenters. The van der Waals surface area contributed by atoms with E-state index in [1.54, 1.807) is 11.8 Å². The second-order valence-corrected chi connectivity index (χ2v) is 6.14. The van der Waals surface area contributed by atoms with Crippen molar-refractivity contribution in [3.8, 4) is 28.5 Å². The number of benzene rings is 2. The number of esters is 1. The van der Waals surface area contributed by atoms with E-state index in [2.05, 4.69) is 10.3 Å². The van der Waals surface area contributed by atoms with Crippen LogP contribution >= 0.6 is 0 Å². The monoisotopic (exact) mass is 381 g/mol. The minimum absolute atomic E-state index is 0.146. The highest BCUT2D eigenvalue weighted by Crippen LogP contribution is 2.35. The van der Waals surface area contributed by atoms with Gasteiger partial charge in [-0.05, 0) is 35.9 Å². The first-order chi connectivity index (χ1) is 13.7. The van der Waals surface area contributed by atoms with Gasteiger partial charge in [0.1, 0.15) is 24.7 Å². The Bertz CT molecular complexity index is 998. The van der Waals surface area contributed by atoms with Crippen LogP contribution in [0.2, 0.25) is 0 Å².